The third-order valence-electron chi connectivity index (χ3n) is 6.79. The molecular weight excluding hydrogens is 410 g/mol. The van der Waals surface area contributed by atoms with Crippen LogP contribution in [0.15, 0.2) is 25.0 Å². The van der Waals surface area contributed by atoms with Crippen molar-refractivity contribution in [2.24, 2.45) is 5.92 Å². The molecule has 0 spiro atoms. The maximum absolute atomic E-state index is 12.8. The van der Waals surface area contributed by atoms with Crippen LogP contribution >= 0.6 is 0 Å². The maximum atomic E-state index is 12.8. The van der Waals surface area contributed by atoms with E-state index in [4.69, 9.17) is 4.74 Å². The van der Waals surface area contributed by atoms with Crippen molar-refractivity contribution in [3.05, 3.63) is 30.6 Å². The number of aromatic nitrogens is 3. The fraction of sp³-hybridized carbons (Fsp3) is 0.565. The molecule has 0 aromatic carbocycles. The average molecular weight is 442 g/mol. The molecule has 2 aromatic rings. The van der Waals surface area contributed by atoms with Gasteiger partial charge in [-0.2, -0.15) is 0 Å². The van der Waals surface area contributed by atoms with E-state index < -0.39 is 5.60 Å². The number of rotatable bonds is 6. The highest BCUT2D eigenvalue weighted by molar-refractivity contribution is 6.04. The molecule has 2 aromatic heterocycles. The number of nitrogens with zero attached hydrogens (tertiary/aromatic N) is 3. The first-order chi connectivity index (χ1) is 15.4. The molecule has 9 heteroatoms. The van der Waals surface area contributed by atoms with Gasteiger partial charge in [0.25, 0.3) is 5.91 Å². The Balaban J connectivity index is 1.41. The van der Waals surface area contributed by atoms with Gasteiger partial charge in [0.05, 0.1) is 17.4 Å². The normalized spacial score (nSPS) is 24.3. The Labute approximate surface area is 187 Å². The molecular formula is C23H31N5O4. The van der Waals surface area contributed by atoms with Crippen molar-refractivity contribution in [1.82, 2.24) is 25.2 Å². The number of aliphatic hydroxyl groups is 1. The quantitative estimate of drug-likeness (QED) is 0.591. The first kappa shape index (κ1) is 22.3. The van der Waals surface area contributed by atoms with Crippen molar-refractivity contribution in [2.45, 2.75) is 57.2 Å². The number of hydrogen-bond donors (Lipinski definition) is 3. The molecule has 1 aliphatic heterocycles. The van der Waals surface area contributed by atoms with Crippen LogP contribution in [0.2, 0.25) is 0 Å². The predicted molar refractivity (Wildman–Crippen MR) is 119 cm³/mol. The van der Waals surface area contributed by atoms with Gasteiger partial charge in [-0.15, -0.1) is 0 Å². The Morgan fingerprint density at radius 1 is 1.38 bits per heavy atom. The highest BCUT2D eigenvalue weighted by atomic mass is 16.5. The van der Waals surface area contributed by atoms with Gasteiger partial charge in [0, 0.05) is 38.7 Å². The summed E-state index contributed by atoms with van der Waals surface area (Å²) in [7, 11) is 0. The molecule has 172 valence electrons. The smallest absolute Gasteiger partial charge is 0.255 e. The maximum Gasteiger partial charge on any atom is 0.255 e. The second-order valence-electron chi connectivity index (χ2n) is 8.89. The molecule has 1 aliphatic carbocycles. The number of carbonyl (C=O) groups excluding carboxylic acids is 2. The molecule has 1 saturated heterocycles. The van der Waals surface area contributed by atoms with E-state index >= 15 is 0 Å². The van der Waals surface area contributed by atoms with Gasteiger partial charge in [-0.1, -0.05) is 26.3 Å². The lowest BCUT2D eigenvalue weighted by Crippen LogP contribution is -2.49. The zero-order valence-corrected chi connectivity index (χ0v) is 18.5. The van der Waals surface area contributed by atoms with Crippen LogP contribution in [0.1, 0.15) is 55.8 Å². The fourth-order valence-electron chi connectivity index (χ4n) is 4.59. The number of amides is 2. The van der Waals surface area contributed by atoms with Gasteiger partial charge < -0.3 is 25.0 Å². The minimum absolute atomic E-state index is 0.0695. The Morgan fingerprint density at radius 3 is 2.88 bits per heavy atom. The van der Waals surface area contributed by atoms with Gasteiger partial charge in [0.1, 0.15) is 11.6 Å². The number of ether oxygens (including phenoxy) is 1. The number of fused-ring (bicyclic) bond motifs is 1. The monoisotopic (exact) mass is 441 g/mol. The summed E-state index contributed by atoms with van der Waals surface area (Å²) < 4.78 is 5.99. The molecule has 3 heterocycles. The molecule has 4 rings (SSSR count). The summed E-state index contributed by atoms with van der Waals surface area (Å²) in [6.45, 7) is 6.97. The van der Waals surface area contributed by atoms with Crippen LogP contribution in [0.5, 0.6) is 5.88 Å². The molecule has 0 bridgehead atoms. The minimum atomic E-state index is -0.873. The van der Waals surface area contributed by atoms with Crippen molar-refractivity contribution in [2.75, 3.05) is 19.6 Å². The summed E-state index contributed by atoms with van der Waals surface area (Å²) in [6.07, 6.45) is 9.49. The number of likely N-dealkylation sites (tertiary alicyclic amines) is 1. The van der Waals surface area contributed by atoms with Gasteiger partial charge in [0.2, 0.25) is 11.8 Å². The zero-order valence-electron chi connectivity index (χ0n) is 18.5. The van der Waals surface area contributed by atoms with Gasteiger partial charge in [-0.25, -0.2) is 9.97 Å². The lowest BCUT2D eigenvalue weighted by Gasteiger charge is -2.38. The molecule has 2 atom stereocenters. The van der Waals surface area contributed by atoms with Crippen molar-refractivity contribution in [1.29, 1.82) is 0 Å². The van der Waals surface area contributed by atoms with Crippen LogP contribution in [-0.2, 0) is 4.79 Å². The number of H-pyrrole nitrogens is 1. The summed E-state index contributed by atoms with van der Waals surface area (Å²) in [5.41, 5.74) is 0.431. The molecule has 1 saturated carbocycles. The molecule has 0 radical (unpaired) electrons. The standard InChI is InChI=1S/C23H31N5O4/c1-3-19(29)28-10-7-16(8-11-28)32-18-13-25-21-20(27-18)17(12-24-21)22(30)26-14-23(31)9-5-4-6-15(23)2/h3,12-13,15-16,31H,1,4-11,14H2,2H3,(H,24,25)(H,26,30)/t15-,23+/m1/s1. The Bertz CT molecular complexity index is 997. The van der Waals surface area contributed by atoms with Crippen molar-refractivity contribution in [3.8, 4) is 5.88 Å². The van der Waals surface area contributed by atoms with Crippen LogP contribution in [-0.4, -0.2) is 68.1 Å². The number of piperidine rings is 1. The summed E-state index contributed by atoms with van der Waals surface area (Å²) in [6, 6.07) is 0. The Morgan fingerprint density at radius 2 is 2.16 bits per heavy atom. The van der Waals surface area contributed by atoms with Crippen molar-refractivity contribution >= 4 is 23.0 Å². The topological polar surface area (TPSA) is 120 Å². The molecule has 2 amide bonds. The van der Waals surface area contributed by atoms with Gasteiger partial charge in [-0.05, 0) is 24.8 Å². The first-order valence-corrected chi connectivity index (χ1v) is 11.3. The lowest BCUT2D eigenvalue weighted by atomic mass is 9.76. The number of hydrogen-bond acceptors (Lipinski definition) is 6. The van der Waals surface area contributed by atoms with E-state index in [0.717, 1.165) is 19.3 Å². The summed E-state index contributed by atoms with van der Waals surface area (Å²) in [4.78, 5) is 38.1. The van der Waals surface area contributed by atoms with Crippen molar-refractivity contribution < 1.29 is 19.4 Å². The summed E-state index contributed by atoms with van der Waals surface area (Å²) in [5.74, 6) is 0.122. The summed E-state index contributed by atoms with van der Waals surface area (Å²) >= 11 is 0. The third kappa shape index (κ3) is 4.62. The zero-order chi connectivity index (χ0) is 22.7. The van der Waals surface area contributed by atoms with Crippen molar-refractivity contribution in [3.63, 3.8) is 0 Å². The largest absolute Gasteiger partial charge is 0.473 e. The van der Waals surface area contributed by atoms with E-state index in [9.17, 15) is 14.7 Å². The van der Waals surface area contributed by atoms with Gasteiger partial charge >= 0.3 is 0 Å². The van der Waals surface area contributed by atoms with Crippen LogP contribution in [0.25, 0.3) is 11.2 Å². The highest BCUT2D eigenvalue weighted by Gasteiger charge is 2.36. The number of aromatic amines is 1. The third-order valence-corrected chi connectivity index (χ3v) is 6.79. The van der Waals surface area contributed by atoms with Gasteiger partial charge in [0.15, 0.2) is 5.65 Å². The number of nitrogens with one attached hydrogen (secondary N) is 2. The second-order valence-corrected chi connectivity index (χ2v) is 8.89. The van der Waals surface area contributed by atoms with E-state index in [0.29, 0.717) is 55.0 Å². The molecule has 2 aliphatic rings. The summed E-state index contributed by atoms with van der Waals surface area (Å²) in [5, 5.41) is 13.8. The average Bonchev–Trinajstić information content (AvgIpc) is 3.23. The van der Waals surface area contributed by atoms with E-state index in [1.165, 1.54) is 12.3 Å². The van der Waals surface area contributed by atoms with Crippen LogP contribution in [0.4, 0.5) is 0 Å². The van der Waals surface area contributed by atoms with Crippen LogP contribution in [0.3, 0.4) is 0 Å². The van der Waals surface area contributed by atoms with E-state index in [1.807, 2.05) is 6.92 Å². The van der Waals surface area contributed by atoms with E-state index in [1.54, 1.807) is 11.1 Å². The molecule has 3 N–H and O–H groups in total. The first-order valence-electron chi connectivity index (χ1n) is 11.3. The van der Waals surface area contributed by atoms with Crippen LogP contribution < -0.4 is 10.1 Å². The number of carbonyl (C=O) groups is 2. The minimum Gasteiger partial charge on any atom is -0.473 e. The van der Waals surface area contributed by atoms with Crippen LogP contribution in [0, 0.1) is 5.92 Å². The predicted octanol–water partition coefficient (Wildman–Crippen LogP) is 2.18. The SMILES string of the molecule is C=CC(=O)N1CCC(Oc2cnc3[nH]cc(C(=O)NC[C@@]4(O)CCCC[C@H]4C)c3n2)CC1. The lowest BCUT2D eigenvalue weighted by molar-refractivity contribution is -0.127. The highest BCUT2D eigenvalue weighted by Crippen LogP contribution is 2.33. The molecule has 32 heavy (non-hydrogen) atoms. The molecule has 0 unspecified atom stereocenters. The fourth-order valence-corrected chi connectivity index (χ4v) is 4.59. The molecule has 9 nitrogen and oxygen atoms in total. The second kappa shape index (κ2) is 9.28. The Kier molecular flexibility index (Phi) is 6.45. The van der Waals surface area contributed by atoms with E-state index in [-0.39, 0.29) is 30.4 Å². The Hall–Kier alpha value is -2.94. The van der Waals surface area contributed by atoms with E-state index in [2.05, 4.69) is 26.8 Å². The van der Waals surface area contributed by atoms with Gasteiger partial charge in [-0.3, -0.25) is 9.59 Å². The molecule has 2 fully saturated rings.